The van der Waals surface area contributed by atoms with Crippen molar-refractivity contribution in [1.82, 2.24) is 9.69 Å². The van der Waals surface area contributed by atoms with Gasteiger partial charge in [0.2, 0.25) is 5.91 Å². The van der Waals surface area contributed by atoms with Gasteiger partial charge in [-0.3, -0.25) is 4.79 Å². The van der Waals surface area contributed by atoms with Crippen LogP contribution in [0.25, 0.3) is 11.1 Å². The summed E-state index contributed by atoms with van der Waals surface area (Å²) in [6, 6.07) is 15.1. The predicted molar refractivity (Wildman–Crippen MR) is 129 cm³/mol. The van der Waals surface area contributed by atoms with Crippen molar-refractivity contribution in [2.45, 2.75) is 32.7 Å². The number of aromatic carboxylic acids is 1. The highest BCUT2D eigenvalue weighted by atomic mass is 32.1. The standard InChI is InChI=1S/C25H25N3O5S/c1-13(2)21(22(29)27-23-20(24(30)31)14(3)28-34-23)26-25(32)33-12-19-17-10-6-4-8-15(17)16-9-5-7-11-18(16)19/h4-11,13,19,21H,12H2,1-3H3,(H,26,32)(H,27,29)(H,30,31)/t21-/m1/s1. The highest BCUT2D eigenvalue weighted by molar-refractivity contribution is 7.11. The van der Waals surface area contributed by atoms with Crippen LogP contribution in [0.4, 0.5) is 9.80 Å². The van der Waals surface area contributed by atoms with Gasteiger partial charge >= 0.3 is 12.1 Å². The lowest BCUT2D eigenvalue weighted by Gasteiger charge is -2.22. The average Bonchev–Trinajstić information content (AvgIpc) is 3.33. The fourth-order valence-corrected chi connectivity index (χ4v) is 4.99. The summed E-state index contributed by atoms with van der Waals surface area (Å²) in [4.78, 5) is 37.0. The van der Waals surface area contributed by atoms with E-state index in [4.69, 9.17) is 4.74 Å². The van der Waals surface area contributed by atoms with Crippen LogP contribution in [0.5, 0.6) is 0 Å². The topological polar surface area (TPSA) is 118 Å². The van der Waals surface area contributed by atoms with Crippen LogP contribution in [0.3, 0.4) is 0 Å². The maximum atomic E-state index is 12.9. The number of nitrogens with one attached hydrogen (secondary N) is 2. The zero-order chi connectivity index (χ0) is 24.4. The Kier molecular flexibility index (Phi) is 6.65. The summed E-state index contributed by atoms with van der Waals surface area (Å²) >= 11 is 0.888. The second-order valence-electron chi connectivity index (χ2n) is 8.46. The van der Waals surface area contributed by atoms with Gasteiger partial charge in [-0.15, -0.1) is 0 Å². The Bertz CT molecular complexity index is 1210. The SMILES string of the molecule is Cc1nsc(NC(=O)[C@H](NC(=O)OCC2c3ccccc3-c3ccccc32)C(C)C)c1C(=O)O. The van der Waals surface area contributed by atoms with Crippen LogP contribution in [0.2, 0.25) is 0 Å². The summed E-state index contributed by atoms with van der Waals surface area (Å²) in [5.41, 5.74) is 4.70. The van der Waals surface area contributed by atoms with E-state index in [0.717, 1.165) is 33.8 Å². The van der Waals surface area contributed by atoms with E-state index in [1.807, 2.05) is 36.4 Å². The number of anilines is 1. The molecule has 0 fully saturated rings. The van der Waals surface area contributed by atoms with Crippen molar-refractivity contribution in [3.8, 4) is 11.1 Å². The van der Waals surface area contributed by atoms with Crippen LogP contribution in [0.15, 0.2) is 48.5 Å². The molecule has 3 aromatic rings. The summed E-state index contributed by atoms with van der Waals surface area (Å²) < 4.78 is 9.55. The molecule has 1 heterocycles. The van der Waals surface area contributed by atoms with E-state index in [1.165, 1.54) is 0 Å². The van der Waals surface area contributed by atoms with Crippen molar-refractivity contribution in [3.05, 3.63) is 70.9 Å². The molecule has 1 aromatic heterocycles. The Labute approximate surface area is 201 Å². The number of ether oxygens (including phenoxy) is 1. The number of aryl methyl sites for hydroxylation is 1. The molecule has 9 heteroatoms. The fraction of sp³-hybridized carbons (Fsp3) is 0.280. The Morgan fingerprint density at radius 3 is 2.21 bits per heavy atom. The molecule has 0 unspecified atom stereocenters. The minimum atomic E-state index is -1.17. The molecule has 0 spiro atoms. The molecule has 8 nitrogen and oxygen atoms in total. The smallest absolute Gasteiger partial charge is 0.407 e. The first-order chi connectivity index (χ1) is 16.3. The molecule has 176 valence electrons. The lowest BCUT2D eigenvalue weighted by molar-refractivity contribution is -0.119. The molecule has 0 bridgehead atoms. The van der Waals surface area contributed by atoms with Crippen LogP contribution in [-0.2, 0) is 9.53 Å². The Hall–Kier alpha value is -3.72. The number of carbonyl (C=O) groups is 3. The molecule has 1 aliphatic carbocycles. The van der Waals surface area contributed by atoms with E-state index < -0.39 is 24.0 Å². The molecular formula is C25H25N3O5S. The van der Waals surface area contributed by atoms with Gasteiger partial charge < -0.3 is 20.5 Å². The summed E-state index contributed by atoms with van der Waals surface area (Å²) in [6.07, 6.45) is -0.713. The zero-order valence-corrected chi connectivity index (χ0v) is 19.8. The van der Waals surface area contributed by atoms with Gasteiger partial charge in [0.25, 0.3) is 0 Å². The van der Waals surface area contributed by atoms with Gasteiger partial charge in [-0.25, -0.2) is 9.59 Å². The zero-order valence-electron chi connectivity index (χ0n) is 19.0. The first-order valence-electron chi connectivity index (χ1n) is 10.9. The Morgan fingerprint density at radius 2 is 1.65 bits per heavy atom. The quantitative estimate of drug-likeness (QED) is 0.454. The molecule has 2 aromatic carbocycles. The van der Waals surface area contributed by atoms with Gasteiger partial charge in [-0.1, -0.05) is 62.4 Å². The first-order valence-corrected chi connectivity index (χ1v) is 11.7. The van der Waals surface area contributed by atoms with Gasteiger partial charge in [0.05, 0.1) is 5.69 Å². The molecule has 0 saturated carbocycles. The molecule has 0 radical (unpaired) electrons. The van der Waals surface area contributed by atoms with Crippen LogP contribution in [0.1, 0.15) is 46.9 Å². The lowest BCUT2D eigenvalue weighted by atomic mass is 9.98. The van der Waals surface area contributed by atoms with Crippen molar-refractivity contribution in [1.29, 1.82) is 0 Å². The molecule has 1 atom stereocenters. The number of benzene rings is 2. The molecule has 0 saturated heterocycles. The maximum absolute atomic E-state index is 12.9. The van der Waals surface area contributed by atoms with Gasteiger partial charge in [-0.2, -0.15) is 4.37 Å². The molecule has 3 N–H and O–H groups in total. The van der Waals surface area contributed by atoms with Crippen molar-refractivity contribution in [2.24, 2.45) is 5.92 Å². The number of hydrogen-bond donors (Lipinski definition) is 3. The van der Waals surface area contributed by atoms with Crippen LogP contribution >= 0.6 is 11.5 Å². The number of carboxylic acids is 1. The minimum Gasteiger partial charge on any atom is -0.478 e. The third kappa shape index (κ3) is 4.51. The maximum Gasteiger partial charge on any atom is 0.407 e. The van der Waals surface area contributed by atoms with Crippen molar-refractivity contribution in [2.75, 3.05) is 11.9 Å². The van der Waals surface area contributed by atoms with Gasteiger partial charge in [0.15, 0.2) is 0 Å². The summed E-state index contributed by atoms with van der Waals surface area (Å²) in [7, 11) is 0. The second kappa shape index (κ2) is 9.64. The largest absolute Gasteiger partial charge is 0.478 e. The summed E-state index contributed by atoms with van der Waals surface area (Å²) in [5.74, 6) is -2.06. The number of carbonyl (C=O) groups excluding carboxylic acids is 2. The van der Waals surface area contributed by atoms with E-state index in [2.05, 4.69) is 27.1 Å². The summed E-state index contributed by atoms with van der Waals surface area (Å²) in [6.45, 7) is 5.25. The predicted octanol–water partition coefficient (Wildman–Crippen LogP) is 4.65. The van der Waals surface area contributed by atoms with Crippen molar-refractivity contribution >= 4 is 34.5 Å². The van der Waals surface area contributed by atoms with Gasteiger partial charge in [0.1, 0.15) is 23.2 Å². The first kappa shape index (κ1) is 23.4. The number of carboxylic acid groups (broad SMARTS) is 1. The second-order valence-corrected chi connectivity index (χ2v) is 9.23. The third-order valence-electron chi connectivity index (χ3n) is 5.88. The summed E-state index contributed by atoms with van der Waals surface area (Å²) in [5, 5.41) is 14.7. The number of fused-ring (bicyclic) bond motifs is 3. The monoisotopic (exact) mass is 479 g/mol. The molecule has 34 heavy (non-hydrogen) atoms. The molecule has 1 aliphatic rings. The average molecular weight is 480 g/mol. The molecular weight excluding hydrogens is 454 g/mol. The number of aromatic nitrogens is 1. The van der Waals surface area contributed by atoms with Gasteiger partial charge in [-0.05, 0) is 46.6 Å². The van der Waals surface area contributed by atoms with Crippen LogP contribution in [-0.4, -0.2) is 40.1 Å². The Balaban J connectivity index is 1.43. The fourth-order valence-electron chi connectivity index (χ4n) is 4.20. The highest BCUT2D eigenvalue weighted by Gasteiger charge is 2.31. The number of alkyl carbamates (subject to hydrolysis) is 1. The normalized spacial score (nSPS) is 13.2. The van der Waals surface area contributed by atoms with E-state index >= 15 is 0 Å². The van der Waals surface area contributed by atoms with Crippen LogP contribution in [0, 0.1) is 12.8 Å². The minimum absolute atomic E-state index is 0.0537. The lowest BCUT2D eigenvalue weighted by Crippen LogP contribution is -2.47. The van der Waals surface area contributed by atoms with E-state index in [9.17, 15) is 19.5 Å². The van der Waals surface area contributed by atoms with E-state index in [-0.39, 0.29) is 29.0 Å². The molecule has 4 rings (SSSR count). The highest BCUT2D eigenvalue weighted by Crippen LogP contribution is 2.44. The Morgan fingerprint density at radius 1 is 1.06 bits per heavy atom. The number of nitrogens with zero attached hydrogens (tertiary/aromatic N) is 1. The molecule has 0 aliphatic heterocycles. The van der Waals surface area contributed by atoms with Gasteiger partial charge in [0, 0.05) is 5.92 Å². The van der Waals surface area contributed by atoms with E-state index in [0.29, 0.717) is 5.69 Å². The van der Waals surface area contributed by atoms with Crippen LogP contribution < -0.4 is 10.6 Å². The number of hydrogen-bond acceptors (Lipinski definition) is 6. The van der Waals surface area contributed by atoms with E-state index in [1.54, 1.807) is 20.8 Å². The third-order valence-corrected chi connectivity index (χ3v) is 6.73. The van der Waals surface area contributed by atoms with Crippen molar-refractivity contribution in [3.63, 3.8) is 0 Å². The number of rotatable bonds is 7. The van der Waals surface area contributed by atoms with Crippen molar-refractivity contribution < 1.29 is 24.2 Å². The molecule has 2 amide bonds. The number of amides is 2.